The van der Waals surface area contributed by atoms with Crippen LogP contribution < -0.4 is 10.2 Å². The minimum Gasteiger partial charge on any atom is -0.323 e. The van der Waals surface area contributed by atoms with Crippen molar-refractivity contribution < 1.29 is 14.4 Å². The number of anilines is 1. The highest BCUT2D eigenvalue weighted by Crippen LogP contribution is 2.46. The van der Waals surface area contributed by atoms with Gasteiger partial charge in [-0.15, -0.1) is 0 Å². The van der Waals surface area contributed by atoms with E-state index >= 15 is 0 Å². The first kappa shape index (κ1) is 19.9. The Hall–Kier alpha value is -2.37. The maximum Gasteiger partial charge on any atom is 0.325 e. The Morgan fingerprint density at radius 2 is 2.00 bits per heavy atom. The predicted molar refractivity (Wildman–Crippen MR) is 112 cm³/mol. The molecule has 4 amide bonds. The molecule has 1 aliphatic carbocycles. The van der Waals surface area contributed by atoms with E-state index in [9.17, 15) is 14.4 Å². The van der Waals surface area contributed by atoms with E-state index in [0.29, 0.717) is 25.3 Å². The Labute approximate surface area is 172 Å². The Bertz CT molecular complexity index is 878. The summed E-state index contributed by atoms with van der Waals surface area (Å²) in [7, 11) is 0. The first-order valence-electron chi connectivity index (χ1n) is 10.6. The summed E-state index contributed by atoms with van der Waals surface area (Å²) in [5.74, 6) is -0.0917. The molecule has 1 saturated carbocycles. The van der Waals surface area contributed by atoms with Gasteiger partial charge in [0.1, 0.15) is 12.1 Å². The molecule has 156 valence electrons. The van der Waals surface area contributed by atoms with Gasteiger partial charge in [0.15, 0.2) is 0 Å². The van der Waals surface area contributed by atoms with Gasteiger partial charge in [0.2, 0.25) is 5.91 Å². The first-order chi connectivity index (χ1) is 13.6. The highest BCUT2D eigenvalue weighted by Gasteiger charge is 2.56. The van der Waals surface area contributed by atoms with Crippen LogP contribution in [0.3, 0.4) is 0 Å². The van der Waals surface area contributed by atoms with Gasteiger partial charge in [0.05, 0.1) is 0 Å². The number of imide groups is 1. The lowest BCUT2D eigenvalue weighted by atomic mass is 9.64. The lowest BCUT2D eigenvalue weighted by Crippen LogP contribution is -2.54. The summed E-state index contributed by atoms with van der Waals surface area (Å²) in [5, 5.41) is 2.96. The van der Waals surface area contributed by atoms with E-state index in [0.717, 1.165) is 35.4 Å². The predicted octanol–water partition coefficient (Wildman–Crippen LogP) is 3.41. The zero-order valence-corrected chi connectivity index (χ0v) is 17.9. The summed E-state index contributed by atoms with van der Waals surface area (Å²) in [6.07, 6.45) is 4.11. The van der Waals surface area contributed by atoms with E-state index in [2.05, 4.69) is 32.2 Å². The number of carbonyl (C=O) groups excluding carboxylic acids is 3. The first-order valence-corrected chi connectivity index (χ1v) is 10.6. The van der Waals surface area contributed by atoms with Gasteiger partial charge >= 0.3 is 6.03 Å². The molecule has 0 aromatic heterocycles. The molecule has 6 nitrogen and oxygen atoms in total. The number of hydrogen-bond donors (Lipinski definition) is 1. The van der Waals surface area contributed by atoms with E-state index in [1.807, 2.05) is 19.1 Å². The zero-order valence-electron chi connectivity index (χ0n) is 17.9. The van der Waals surface area contributed by atoms with Crippen molar-refractivity contribution in [1.29, 1.82) is 0 Å². The molecule has 1 aromatic carbocycles. The van der Waals surface area contributed by atoms with Crippen molar-refractivity contribution in [3.63, 3.8) is 0 Å². The minimum absolute atomic E-state index is 0.0235. The molecule has 2 atom stereocenters. The smallest absolute Gasteiger partial charge is 0.323 e. The molecule has 4 rings (SSSR count). The normalized spacial score (nSPS) is 28.5. The van der Waals surface area contributed by atoms with Crippen molar-refractivity contribution in [1.82, 2.24) is 10.2 Å². The fourth-order valence-corrected chi connectivity index (χ4v) is 5.86. The maximum absolute atomic E-state index is 13.3. The molecular weight excluding hydrogens is 366 g/mol. The van der Waals surface area contributed by atoms with E-state index in [1.54, 1.807) is 4.90 Å². The van der Waals surface area contributed by atoms with Crippen LogP contribution in [0.15, 0.2) is 18.2 Å². The summed E-state index contributed by atoms with van der Waals surface area (Å²) in [4.78, 5) is 42.0. The number of fused-ring (bicyclic) bond motifs is 1. The van der Waals surface area contributed by atoms with Crippen LogP contribution >= 0.6 is 0 Å². The molecule has 1 N–H and O–H groups in total. The number of hydrogen-bond acceptors (Lipinski definition) is 3. The zero-order chi connectivity index (χ0) is 21.0. The SMILES string of the molecule is Cc1ccc2c(c1)CCCN2C(=O)CN1C(=O)NC2(CC(C)CC(C)(C)C2)C1=O. The van der Waals surface area contributed by atoms with Crippen molar-refractivity contribution in [3.05, 3.63) is 29.3 Å². The number of amides is 4. The summed E-state index contributed by atoms with van der Waals surface area (Å²) in [5.41, 5.74) is 2.34. The number of carbonyl (C=O) groups is 3. The number of nitrogens with zero attached hydrogens (tertiary/aromatic N) is 2. The van der Waals surface area contributed by atoms with Crippen LogP contribution in [0.25, 0.3) is 0 Å². The van der Waals surface area contributed by atoms with Crippen LogP contribution in [0.5, 0.6) is 0 Å². The van der Waals surface area contributed by atoms with Gasteiger partial charge in [-0.1, -0.05) is 38.5 Å². The van der Waals surface area contributed by atoms with E-state index in [1.165, 1.54) is 5.56 Å². The summed E-state index contributed by atoms with van der Waals surface area (Å²) < 4.78 is 0. The molecule has 0 bridgehead atoms. The number of nitrogens with one attached hydrogen (secondary N) is 1. The van der Waals surface area contributed by atoms with Crippen molar-refractivity contribution in [3.8, 4) is 0 Å². The highest BCUT2D eigenvalue weighted by molar-refractivity contribution is 6.10. The van der Waals surface area contributed by atoms with Gasteiger partial charge in [-0.3, -0.25) is 14.5 Å². The monoisotopic (exact) mass is 397 g/mol. The van der Waals surface area contributed by atoms with Gasteiger partial charge in [0, 0.05) is 12.2 Å². The molecule has 2 aliphatic heterocycles. The van der Waals surface area contributed by atoms with Gasteiger partial charge in [0.25, 0.3) is 5.91 Å². The molecule has 29 heavy (non-hydrogen) atoms. The Morgan fingerprint density at radius 1 is 1.24 bits per heavy atom. The summed E-state index contributed by atoms with van der Waals surface area (Å²) >= 11 is 0. The van der Waals surface area contributed by atoms with Crippen molar-refractivity contribution in [2.24, 2.45) is 11.3 Å². The van der Waals surface area contributed by atoms with Gasteiger partial charge in [-0.2, -0.15) is 0 Å². The van der Waals surface area contributed by atoms with E-state index < -0.39 is 11.6 Å². The van der Waals surface area contributed by atoms with Crippen LogP contribution in [0.2, 0.25) is 0 Å². The molecular formula is C23H31N3O3. The van der Waals surface area contributed by atoms with Crippen LogP contribution in [0.4, 0.5) is 10.5 Å². The molecule has 3 aliphatic rings. The van der Waals surface area contributed by atoms with E-state index in [-0.39, 0.29) is 23.8 Å². The average Bonchev–Trinajstić information content (AvgIpc) is 2.82. The van der Waals surface area contributed by atoms with Gasteiger partial charge < -0.3 is 10.2 Å². The van der Waals surface area contributed by atoms with Gasteiger partial charge in [-0.25, -0.2) is 4.79 Å². The van der Waals surface area contributed by atoms with Crippen LogP contribution in [0, 0.1) is 18.3 Å². The third kappa shape index (κ3) is 3.53. The third-order valence-electron chi connectivity index (χ3n) is 6.57. The van der Waals surface area contributed by atoms with E-state index in [4.69, 9.17) is 0 Å². The molecule has 1 saturated heterocycles. The molecule has 0 radical (unpaired) electrons. The average molecular weight is 398 g/mol. The number of aryl methyl sites for hydroxylation is 2. The van der Waals surface area contributed by atoms with Gasteiger partial charge in [-0.05, 0) is 62.0 Å². The Kier molecular flexibility index (Phi) is 4.71. The van der Waals surface area contributed by atoms with Crippen molar-refractivity contribution in [2.45, 2.75) is 65.3 Å². The highest BCUT2D eigenvalue weighted by atomic mass is 16.2. The summed E-state index contributed by atoms with van der Waals surface area (Å²) in [6, 6.07) is 5.65. The Balaban J connectivity index is 1.54. The summed E-state index contributed by atoms with van der Waals surface area (Å²) in [6.45, 7) is 8.87. The molecule has 2 fully saturated rings. The number of benzene rings is 1. The second kappa shape index (κ2) is 6.85. The molecule has 1 spiro atoms. The lowest BCUT2D eigenvalue weighted by Gasteiger charge is -2.43. The number of urea groups is 1. The Morgan fingerprint density at radius 3 is 2.72 bits per heavy atom. The third-order valence-corrected chi connectivity index (χ3v) is 6.57. The minimum atomic E-state index is -0.866. The topological polar surface area (TPSA) is 69.7 Å². The lowest BCUT2D eigenvalue weighted by molar-refractivity contribution is -0.137. The largest absolute Gasteiger partial charge is 0.325 e. The van der Waals surface area contributed by atoms with Crippen LogP contribution in [0.1, 0.15) is 57.6 Å². The second-order valence-electron chi connectivity index (χ2n) is 10.0. The number of rotatable bonds is 2. The van der Waals surface area contributed by atoms with Crippen LogP contribution in [-0.2, 0) is 16.0 Å². The van der Waals surface area contributed by atoms with Crippen molar-refractivity contribution >= 4 is 23.5 Å². The molecule has 1 aromatic rings. The maximum atomic E-state index is 13.3. The van der Waals surface area contributed by atoms with Crippen LogP contribution in [-0.4, -0.2) is 41.4 Å². The quantitative estimate of drug-likeness (QED) is 0.778. The molecule has 2 heterocycles. The standard InChI is InChI=1S/C23H31N3O3/c1-15-7-8-18-17(10-15)6-5-9-25(18)19(27)13-26-20(28)23(24-21(26)29)12-16(2)11-22(3,4)14-23/h7-8,10,16H,5-6,9,11-14H2,1-4H3,(H,24,29). The second-order valence-corrected chi connectivity index (χ2v) is 10.0. The molecule has 6 heteroatoms. The van der Waals surface area contributed by atoms with Crippen molar-refractivity contribution in [2.75, 3.05) is 18.0 Å². The fourth-order valence-electron chi connectivity index (χ4n) is 5.86. The fraction of sp³-hybridized carbons (Fsp3) is 0.609. The molecule has 2 unspecified atom stereocenters.